The Kier molecular flexibility index (Phi) is 4.85. The monoisotopic (exact) mass is 411 g/mol. The van der Waals surface area contributed by atoms with Gasteiger partial charge in [0.15, 0.2) is 16.4 Å². The Balaban J connectivity index is 1.47. The smallest absolute Gasteiger partial charge is 0.343 e. The summed E-state index contributed by atoms with van der Waals surface area (Å²) >= 11 is 0. The summed E-state index contributed by atoms with van der Waals surface area (Å²) in [6.45, 7) is 0. The van der Waals surface area contributed by atoms with Gasteiger partial charge in [0.1, 0.15) is 5.76 Å². The summed E-state index contributed by atoms with van der Waals surface area (Å²) in [5.74, 6) is -0.346. The first-order valence-electron chi connectivity index (χ1n) is 8.76. The third-order valence-electron chi connectivity index (χ3n) is 4.36. The van der Waals surface area contributed by atoms with E-state index in [2.05, 4.69) is 0 Å². The number of ketones is 1. The minimum Gasteiger partial charge on any atom is -0.870 e. The van der Waals surface area contributed by atoms with Crippen LogP contribution in [-0.2, 0) is 15.0 Å². The fraction of sp³-hybridized carbons (Fsp3) is 0.0952. The van der Waals surface area contributed by atoms with E-state index in [0.717, 1.165) is 0 Å². The summed E-state index contributed by atoms with van der Waals surface area (Å²) in [6.07, 6.45) is 4.88. The van der Waals surface area contributed by atoms with Crippen molar-refractivity contribution in [1.82, 2.24) is 0 Å². The van der Waals surface area contributed by atoms with Crippen molar-refractivity contribution in [3.63, 3.8) is 0 Å². The molecule has 0 bridgehead atoms. The molecular formula is C21H15O7S-. The molecule has 2 aromatic carbocycles. The van der Waals surface area contributed by atoms with E-state index in [1.807, 2.05) is 0 Å². The van der Waals surface area contributed by atoms with Crippen LogP contribution in [0.1, 0.15) is 28.8 Å². The Bertz CT molecular complexity index is 1170. The topological polar surface area (TPSA) is 102 Å². The van der Waals surface area contributed by atoms with E-state index in [0.29, 0.717) is 17.7 Å². The molecule has 0 fully saturated rings. The third kappa shape index (κ3) is 3.62. The molecule has 7 nitrogen and oxygen atoms in total. The lowest BCUT2D eigenvalue weighted by Gasteiger charge is -2.25. The van der Waals surface area contributed by atoms with Gasteiger partial charge >= 0.3 is 10.1 Å². The second-order valence-electron chi connectivity index (χ2n) is 6.28. The minimum atomic E-state index is -4.18. The first-order valence-corrected chi connectivity index (χ1v) is 10.2. The summed E-state index contributed by atoms with van der Waals surface area (Å²) in [6, 6.07) is 12.9. The van der Waals surface area contributed by atoms with Crippen LogP contribution in [0, 0.1) is 0 Å². The first kappa shape index (κ1) is 18.8. The zero-order valence-corrected chi connectivity index (χ0v) is 15.8. The van der Waals surface area contributed by atoms with Crippen LogP contribution in [0.15, 0.2) is 77.4 Å². The Morgan fingerprint density at radius 3 is 2.41 bits per heavy atom. The molecule has 0 saturated heterocycles. The van der Waals surface area contributed by atoms with E-state index in [1.54, 1.807) is 42.5 Å². The molecule has 148 valence electrons. The molecule has 0 unspecified atom stereocenters. The van der Waals surface area contributed by atoms with Crippen LogP contribution in [0.3, 0.4) is 0 Å². The summed E-state index contributed by atoms with van der Waals surface area (Å²) in [7, 11) is -4.18. The van der Waals surface area contributed by atoms with Crippen molar-refractivity contribution in [3.8, 4) is 11.5 Å². The highest BCUT2D eigenvalue weighted by Gasteiger charge is 2.35. The molecule has 0 N–H and O–H groups in total. The van der Waals surface area contributed by atoms with Gasteiger partial charge in [0.25, 0.3) is 0 Å². The number of carbonyl (C=O) groups excluding carboxylic acids is 1. The Morgan fingerprint density at radius 2 is 1.62 bits per heavy atom. The lowest BCUT2D eigenvalue weighted by atomic mass is 10.1. The van der Waals surface area contributed by atoms with Crippen molar-refractivity contribution in [3.05, 3.63) is 88.6 Å². The van der Waals surface area contributed by atoms with Crippen molar-refractivity contribution in [2.45, 2.75) is 12.8 Å². The van der Waals surface area contributed by atoms with Crippen LogP contribution in [0.5, 0.6) is 11.5 Å². The number of fused-ring (bicyclic) bond motifs is 2. The lowest BCUT2D eigenvalue weighted by molar-refractivity contribution is -0.264. The average Bonchev–Trinajstić information content (AvgIpc) is 2.71. The predicted molar refractivity (Wildman–Crippen MR) is 102 cm³/mol. The summed E-state index contributed by atoms with van der Waals surface area (Å²) < 4.78 is 29.4. The molecule has 0 spiro atoms. The molecule has 0 saturated carbocycles. The molecule has 29 heavy (non-hydrogen) atoms. The minimum absolute atomic E-state index is 0.0169. The lowest BCUT2D eigenvalue weighted by Crippen LogP contribution is -2.25. The van der Waals surface area contributed by atoms with Crippen LogP contribution >= 0.6 is 0 Å². The fourth-order valence-electron chi connectivity index (χ4n) is 2.93. The highest BCUT2D eigenvalue weighted by molar-refractivity contribution is 7.92. The molecular weight excluding hydrogens is 396 g/mol. The first-order chi connectivity index (χ1) is 14.0. The summed E-state index contributed by atoms with van der Waals surface area (Å²) in [5, 5.41) is 12.4. The normalized spacial score (nSPS) is 18.6. The molecule has 2 aliphatic heterocycles. The molecule has 2 aliphatic rings. The molecule has 2 aromatic rings. The maximum absolute atomic E-state index is 12.5. The average molecular weight is 411 g/mol. The van der Waals surface area contributed by atoms with E-state index >= 15 is 0 Å². The van der Waals surface area contributed by atoms with E-state index in [1.165, 1.54) is 24.3 Å². The molecule has 0 amide bonds. The van der Waals surface area contributed by atoms with Crippen molar-refractivity contribution >= 4 is 21.7 Å². The maximum atomic E-state index is 12.5. The van der Waals surface area contributed by atoms with Crippen LogP contribution < -0.4 is 14.2 Å². The molecule has 0 radical (unpaired) electrons. The number of hydrogen-bond donors (Lipinski definition) is 0. The molecule has 4 rings (SSSR count). The van der Waals surface area contributed by atoms with Gasteiger partial charge in [0.2, 0.25) is 5.78 Å². The number of rotatable bonds is 4. The van der Waals surface area contributed by atoms with Crippen LogP contribution in [-0.4, -0.2) is 14.2 Å². The summed E-state index contributed by atoms with van der Waals surface area (Å²) in [5.41, 5.74) is 0.615. The largest absolute Gasteiger partial charge is 0.870 e. The highest BCUT2D eigenvalue weighted by atomic mass is 32.2. The SMILES string of the molecule is O=C1/C(=C/C=CCCC2=C([O-])c3ccccc3OO2)S(=O)(=O)Oc2ccccc21. The number of hydrogen-bond acceptors (Lipinski definition) is 7. The van der Waals surface area contributed by atoms with Crippen molar-refractivity contribution in [2.24, 2.45) is 0 Å². The van der Waals surface area contributed by atoms with Gasteiger partial charge in [-0.3, -0.25) is 14.6 Å². The van der Waals surface area contributed by atoms with Gasteiger partial charge in [-0.15, -0.1) is 0 Å². The Morgan fingerprint density at radius 1 is 0.931 bits per heavy atom. The molecule has 0 atom stereocenters. The van der Waals surface area contributed by atoms with Gasteiger partial charge in [-0.25, -0.2) is 0 Å². The zero-order chi connectivity index (χ0) is 20.4. The molecule has 0 aliphatic carbocycles. The van der Waals surface area contributed by atoms with Crippen LogP contribution in [0.2, 0.25) is 0 Å². The number of Topliss-reactive ketones (excluding diaryl/α,β-unsaturated/α-hetero) is 1. The van der Waals surface area contributed by atoms with Gasteiger partial charge in [-0.1, -0.05) is 48.2 Å². The van der Waals surface area contributed by atoms with E-state index in [9.17, 15) is 18.3 Å². The Labute approximate surface area is 167 Å². The fourth-order valence-corrected chi connectivity index (χ4v) is 3.98. The van der Waals surface area contributed by atoms with Gasteiger partial charge in [-0.2, -0.15) is 8.42 Å². The van der Waals surface area contributed by atoms with Crippen molar-refractivity contribution in [1.29, 1.82) is 0 Å². The predicted octanol–water partition coefficient (Wildman–Crippen LogP) is 2.86. The molecule has 0 aromatic heterocycles. The second kappa shape index (κ2) is 7.48. The standard InChI is InChI=1S/C21H16O7S/c22-20-14-8-4-6-10-16(14)26-27-18(20)12-2-1-3-13-19-21(23)15-9-5-7-11-17(15)28-29(19,24)25/h1,3-11,13,22H,2,12H2/p-1/b3-1?,19-13-. The highest BCUT2D eigenvalue weighted by Crippen LogP contribution is 2.33. The van der Waals surface area contributed by atoms with Gasteiger partial charge < -0.3 is 9.29 Å². The van der Waals surface area contributed by atoms with Gasteiger partial charge in [0, 0.05) is 12.0 Å². The van der Waals surface area contributed by atoms with E-state index in [-0.39, 0.29) is 29.3 Å². The zero-order valence-electron chi connectivity index (χ0n) is 15.0. The molecule has 8 heteroatoms. The quantitative estimate of drug-likeness (QED) is 0.433. The van der Waals surface area contributed by atoms with Crippen LogP contribution in [0.25, 0.3) is 5.76 Å². The van der Waals surface area contributed by atoms with Gasteiger partial charge in [-0.05, 0) is 30.7 Å². The number of benzene rings is 2. The van der Waals surface area contributed by atoms with Crippen LogP contribution in [0.4, 0.5) is 0 Å². The van der Waals surface area contributed by atoms with Gasteiger partial charge in [0.05, 0.1) is 5.56 Å². The van der Waals surface area contributed by atoms with Crippen molar-refractivity contribution < 1.29 is 32.3 Å². The molecule has 2 heterocycles. The number of carbonyl (C=O) groups is 1. The van der Waals surface area contributed by atoms with Crippen molar-refractivity contribution in [2.75, 3.05) is 0 Å². The Hall–Kier alpha value is -3.52. The van der Waals surface area contributed by atoms with E-state index in [4.69, 9.17) is 14.0 Å². The second-order valence-corrected chi connectivity index (χ2v) is 7.79. The number of para-hydroxylation sites is 2. The summed E-state index contributed by atoms with van der Waals surface area (Å²) in [4.78, 5) is 22.2. The third-order valence-corrected chi connectivity index (χ3v) is 5.62. The maximum Gasteiger partial charge on any atom is 0.343 e. The van der Waals surface area contributed by atoms with E-state index < -0.39 is 20.8 Å². The number of allylic oxidation sites excluding steroid dienone is 5.